The summed E-state index contributed by atoms with van der Waals surface area (Å²) >= 11 is 1.14. The van der Waals surface area contributed by atoms with E-state index in [4.69, 9.17) is 4.74 Å². The quantitative estimate of drug-likeness (QED) is 0.399. The molecular weight excluding hydrogens is 552 g/mol. The third-order valence-corrected chi connectivity index (χ3v) is 7.91. The number of piperazine rings is 1. The van der Waals surface area contributed by atoms with Gasteiger partial charge in [-0.3, -0.25) is 29.7 Å². The third-order valence-electron chi connectivity index (χ3n) is 7.15. The molecule has 0 spiro atoms. The van der Waals surface area contributed by atoms with E-state index in [0.29, 0.717) is 35.8 Å². The summed E-state index contributed by atoms with van der Waals surface area (Å²) in [5.74, 6) is 6.95. The van der Waals surface area contributed by atoms with Crippen molar-refractivity contribution in [2.45, 2.75) is 32.1 Å². The maximum absolute atomic E-state index is 13.6. The maximum Gasteiger partial charge on any atom is 0.280 e. The first-order chi connectivity index (χ1) is 19.9. The summed E-state index contributed by atoms with van der Waals surface area (Å²) in [7, 11) is 1.39. The highest BCUT2D eigenvalue weighted by molar-refractivity contribution is 7.15. The number of carbonyl (C=O) groups excluding carboxylic acids is 2. The lowest BCUT2D eigenvalue weighted by molar-refractivity contribution is -0.121. The fourth-order valence-electron chi connectivity index (χ4n) is 4.61. The van der Waals surface area contributed by atoms with Crippen molar-refractivity contribution in [1.82, 2.24) is 25.1 Å². The number of anilines is 2. The van der Waals surface area contributed by atoms with Gasteiger partial charge in [0.15, 0.2) is 5.01 Å². The predicted molar refractivity (Wildman–Crippen MR) is 148 cm³/mol. The molecule has 4 heterocycles. The summed E-state index contributed by atoms with van der Waals surface area (Å²) in [6.45, 7) is 2.29. The topological polar surface area (TPSA) is 113 Å². The number of methoxy groups -OCH3 is 1. The molecule has 41 heavy (non-hydrogen) atoms. The molecule has 0 atom stereocenters. The van der Waals surface area contributed by atoms with Crippen molar-refractivity contribution >= 4 is 34.1 Å². The van der Waals surface area contributed by atoms with Crippen LogP contribution in [0.4, 0.5) is 19.7 Å². The number of nitrogens with zero attached hydrogens (tertiary/aromatic N) is 6. The number of hydrogen-bond acceptors (Lipinski definition) is 9. The van der Waals surface area contributed by atoms with E-state index in [0.717, 1.165) is 30.7 Å². The van der Waals surface area contributed by atoms with Crippen molar-refractivity contribution in [2.24, 2.45) is 11.8 Å². The molecule has 2 amide bonds. The van der Waals surface area contributed by atoms with Crippen molar-refractivity contribution in [3.63, 3.8) is 0 Å². The Labute approximate surface area is 239 Å². The van der Waals surface area contributed by atoms with Gasteiger partial charge in [0.25, 0.3) is 12.3 Å². The highest BCUT2D eigenvalue weighted by atomic mass is 32.1. The molecule has 1 N–H and O–H groups in total. The number of aromatic nitrogens is 4. The van der Waals surface area contributed by atoms with Gasteiger partial charge in [0.1, 0.15) is 17.3 Å². The van der Waals surface area contributed by atoms with Gasteiger partial charge in [0.2, 0.25) is 11.0 Å². The molecule has 10 nitrogen and oxygen atoms in total. The molecule has 0 radical (unpaired) electrons. The fraction of sp³-hybridized carbons (Fsp3) is 0.429. The summed E-state index contributed by atoms with van der Waals surface area (Å²) in [6.07, 6.45) is 4.24. The normalized spacial score (nSPS) is 17.4. The smallest absolute Gasteiger partial charge is 0.280 e. The lowest BCUT2D eigenvalue weighted by Gasteiger charge is -2.34. The number of hydrogen-bond donors (Lipinski definition) is 1. The molecule has 3 fully saturated rings. The number of amides is 2. The number of rotatable bonds is 8. The van der Waals surface area contributed by atoms with Crippen molar-refractivity contribution in [1.29, 1.82) is 0 Å². The Morgan fingerprint density at radius 2 is 1.98 bits per heavy atom. The van der Waals surface area contributed by atoms with Gasteiger partial charge in [-0.2, -0.15) is 0 Å². The van der Waals surface area contributed by atoms with Crippen LogP contribution in [0.15, 0.2) is 24.5 Å². The van der Waals surface area contributed by atoms with Gasteiger partial charge in [-0.05, 0) is 49.7 Å². The van der Waals surface area contributed by atoms with Crippen LogP contribution in [-0.4, -0.2) is 70.2 Å². The van der Waals surface area contributed by atoms with Gasteiger partial charge < -0.3 is 4.74 Å². The second-order valence-electron chi connectivity index (χ2n) is 10.3. The highest BCUT2D eigenvalue weighted by Crippen LogP contribution is 2.37. The Balaban J connectivity index is 1.33. The third kappa shape index (κ3) is 6.34. The van der Waals surface area contributed by atoms with E-state index in [2.05, 4.69) is 42.2 Å². The number of halogens is 2. The number of nitrogens with one attached hydrogen (secondary N) is 1. The van der Waals surface area contributed by atoms with E-state index >= 15 is 0 Å². The molecule has 6 rings (SSSR count). The van der Waals surface area contributed by atoms with E-state index in [9.17, 15) is 18.4 Å². The summed E-state index contributed by atoms with van der Waals surface area (Å²) in [5.41, 5.74) is 0.0946. The van der Waals surface area contributed by atoms with Crippen LogP contribution < -0.4 is 15.0 Å². The molecule has 3 aliphatic rings. The van der Waals surface area contributed by atoms with Gasteiger partial charge >= 0.3 is 0 Å². The Kier molecular flexibility index (Phi) is 7.59. The second kappa shape index (κ2) is 11.5. The number of carbonyl (C=O) groups is 2. The molecule has 0 bridgehead atoms. The maximum atomic E-state index is 13.6. The van der Waals surface area contributed by atoms with Crippen LogP contribution in [0, 0.1) is 23.7 Å². The van der Waals surface area contributed by atoms with Crippen LogP contribution in [0.3, 0.4) is 0 Å². The standard InChI is InChI=1S/C28H27F2N7O3S/c1-40-22-13-31-21(26(29)30)10-19(22)18-11-23(37-9-8-36(15-25(37)38)14-17-4-5-17)32-12-20(18)27(39)33-28-35-34-24(41-28)7-6-16-2-3-16/h10-13,16-17,26H,2-5,8-9,14-15H2,1H3,(H,33,35,39). The minimum absolute atomic E-state index is 0.0825. The molecule has 2 saturated carbocycles. The first-order valence-corrected chi connectivity index (χ1v) is 14.2. The van der Waals surface area contributed by atoms with Crippen LogP contribution in [0.1, 0.15) is 53.2 Å². The highest BCUT2D eigenvalue weighted by Gasteiger charge is 2.31. The lowest BCUT2D eigenvalue weighted by atomic mass is 9.99. The SMILES string of the molecule is COc1cnc(C(F)F)cc1-c1cc(N2CCN(CC3CC3)CC2=O)ncc1C(=O)Nc1nnc(C#CC2CC2)s1. The van der Waals surface area contributed by atoms with Gasteiger partial charge in [0.05, 0.1) is 25.4 Å². The average Bonchev–Trinajstić information content (AvgIpc) is 3.91. The monoisotopic (exact) mass is 579 g/mol. The van der Waals surface area contributed by atoms with E-state index < -0.39 is 18.0 Å². The fourth-order valence-corrected chi connectivity index (χ4v) is 5.21. The minimum atomic E-state index is -2.84. The lowest BCUT2D eigenvalue weighted by Crippen LogP contribution is -2.51. The molecule has 2 aliphatic carbocycles. The first-order valence-electron chi connectivity index (χ1n) is 13.4. The molecular formula is C28H27F2N7O3S. The Morgan fingerprint density at radius 1 is 1.15 bits per heavy atom. The molecule has 1 saturated heterocycles. The van der Waals surface area contributed by atoms with Gasteiger partial charge in [-0.25, -0.2) is 13.8 Å². The Hall–Kier alpha value is -4.02. The number of ether oxygens (including phenoxy) is 1. The largest absolute Gasteiger partial charge is 0.494 e. The molecule has 13 heteroatoms. The summed E-state index contributed by atoms with van der Waals surface area (Å²) in [5, 5.41) is 11.5. The van der Waals surface area contributed by atoms with Gasteiger partial charge in [-0.1, -0.05) is 17.3 Å². The molecule has 3 aromatic heterocycles. The first kappa shape index (κ1) is 27.2. The molecule has 1 aliphatic heterocycles. The van der Waals surface area contributed by atoms with E-state index in [1.54, 1.807) is 11.0 Å². The molecule has 3 aromatic rings. The predicted octanol–water partition coefficient (Wildman–Crippen LogP) is 4.01. The zero-order valence-electron chi connectivity index (χ0n) is 22.3. The van der Waals surface area contributed by atoms with Gasteiger partial charge in [-0.15, -0.1) is 10.2 Å². The summed E-state index contributed by atoms with van der Waals surface area (Å²) in [4.78, 5) is 38.5. The van der Waals surface area contributed by atoms with Crippen LogP contribution >= 0.6 is 11.3 Å². The van der Waals surface area contributed by atoms with Crippen LogP contribution in [0.25, 0.3) is 11.1 Å². The van der Waals surface area contributed by atoms with Crippen molar-refractivity contribution in [3.8, 4) is 28.7 Å². The van der Waals surface area contributed by atoms with Crippen LogP contribution in [0.5, 0.6) is 5.75 Å². The van der Waals surface area contributed by atoms with Crippen molar-refractivity contribution in [3.05, 3.63) is 40.8 Å². The second-order valence-corrected chi connectivity index (χ2v) is 11.3. The van der Waals surface area contributed by atoms with E-state index in [-0.39, 0.29) is 40.0 Å². The van der Waals surface area contributed by atoms with E-state index in [1.807, 2.05) is 0 Å². The zero-order valence-corrected chi connectivity index (χ0v) is 23.1. The molecule has 0 unspecified atom stereocenters. The van der Waals surface area contributed by atoms with Crippen molar-refractivity contribution in [2.75, 3.05) is 43.5 Å². The van der Waals surface area contributed by atoms with Crippen molar-refractivity contribution < 1.29 is 23.1 Å². The average molecular weight is 580 g/mol. The molecule has 0 aromatic carbocycles. The number of alkyl halides is 2. The number of pyridine rings is 2. The van der Waals surface area contributed by atoms with Crippen LogP contribution in [0.2, 0.25) is 0 Å². The Morgan fingerprint density at radius 3 is 2.68 bits per heavy atom. The van der Waals surface area contributed by atoms with E-state index in [1.165, 1.54) is 38.4 Å². The molecule has 212 valence electrons. The zero-order chi connectivity index (χ0) is 28.5. The minimum Gasteiger partial charge on any atom is -0.494 e. The summed E-state index contributed by atoms with van der Waals surface area (Å²) in [6, 6.07) is 2.74. The van der Waals surface area contributed by atoms with Gasteiger partial charge in [0, 0.05) is 42.9 Å². The van der Waals surface area contributed by atoms with Crippen LogP contribution in [-0.2, 0) is 4.79 Å². The Bertz CT molecular complexity index is 1540. The summed E-state index contributed by atoms with van der Waals surface area (Å²) < 4.78 is 32.7.